The van der Waals surface area contributed by atoms with E-state index in [4.69, 9.17) is 10.3 Å². The average molecular weight is 276 g/mol. The van der Waals surface area contributed by atoms with Gasteiger partial charge in [0.25, 0.3) is 0 Å². The zero-order chi connectivity index (χ0) is 14.7. The van der Waals surface area contributed by atoms with E-state index >= 15 is 0 Å². The van der Waals surface area contributed by atoms with Crippen molar-refractivity contribution < 1.29 is 4.52 Å². The average Bonchev–Trinajstić information content (AvgIpc) is 2.89. The van der Waals surface area contributed by atoms with Crippen molar-refractivity contribution in [3.63, 3.8) is 0 Å². The molecule has 0 aliphatic carbocycles. The molecule has 0 spiro atoms. The number of rotatable bonds is 1. The van der Waals surface area contributed by atoms with Crippen molar-refractivity contribution in [3.05, 3.63) is 59.7 Å². The van der Waals surface area contributed by atoms with Crippen molar-refractivity contribution in [2.75, 3.05) is 5.73 Å². The molecule has 3 rings (SSSR count). The highest BCUT2D eigenvalue weighted by Gasteiger charge is 2.12. The van der Waals surface area contributed by atoms with E-state index in [1.165, 1.54) is 12.4 Å². The largest absolute Gasteiger partial charge is 0.382 e. The maximum atomic E-state index is 5.49. The van der Waals surface area contributed by atoms with E-state index in [1.54, 1.807) is 0 Å². The molecule has 0 aliphatic heterocycles. The van der Waals surface area contributed by atoms with Gasteiger partial charge in [0.2, 0.25) is 0 Å². The first kappa shape index (κ1) is 12.9. The third-order valence-corrected chi connectivity index (χ3v) is 2.90. The Bertz CT molecular complexity index is 811. The van der Waals surface area contributed by atoms with Crippen LogP contribution in [0.4, 0.5) is 5.82 Å². The molecular weight excluding hydrogens is 264 g/mol. The fraction of sp³-hybridized carbons (Fsp3) is 0.0625. The third-order valence-electron chi connectivity index (χ3n) is 2.90. The van der Waals surface area contributed by atoms with Gasteiger partial charge >= 0.3 is 0 Å². The maximum Gasteiger partial charge on any atom is 0.149 e. The predicted molar refractivity (Wildman–Crippen MR) is 79.1 cm³/mol. The van der Waals surface area contributed by atoms with Crippen molar-refractivity contribution in [3.8, 4) is 23.1 Å². The lowest BCUT2D eigenvalue weighted by molar-refractivity contribution is 0.399. The highest BCUT2D eigenvalue weighted by molar-refractivity contribution is 5.68. The number of anilines is 1. The number of hydrogen-bond donors (Lipinski definition) is 1. The molecule has 2 aromatic heterocycles. The second-order valence-electron chi connectivity index (χ2n) is 4.40. The van der Waals surface area contributed by atoms with Crippen LogP contribution in [0.15, 0.2) is 47.2 Å². The van der Waals surface area contributed by atoms with Gasteiger partial charge in [-0.15, -0.1) is 0 Å². The van der Waals surface area contributed by atoms with Crippen molar-refractivity contribution in [1.82, 2.24) is 15.1 Å². The fourth-order valence-corrected chi connectivity index (χ4v) is 1.84. The fourth-order valence-electron chi connectivity index (χ4n) is 1.84. The van der Waals surface area contributed by atoms with Gasteiger partial charge in [-0.2, -0.15) is 0 Å². The van der Waals surface area contributed by atoms with E-state index in [1.807, 2.05) is 37.3 Å². The Morgan fingerprint density at radius 1 is 1.05 bits per heavy atom. The zero-order valence-electron chi connectivity index (χ0n) is 11.4. The van der Waals surface area contributed by atoms with Gasteiger partial charge in [0.05, 0.1) is 18.0 Å². The second-order valence-corrected chi connectivity index (χ2v) is 4.40. The van der Waals surface area contributed by atoms with E-state index in [-0.39, 0.29) is 0 Å². The molecule has 0 fully saturated rings. The molecule has 0 saturated heterocycles. The summed E-state index contributed by atoms with van der Waals surface area (Å²) in [4.78, 5) is 8.05. The number of nitrogen functional groups attached to an aromatic ring is 1. The number of aryl methyl sites for hydroxylation is 1. The summed E-state index contributed by atoms with van der Waals surface area (Å²) in [5.74, 6) is 7.03. The van der Waals surface area contributed by atoms with E-state index in [9.17, 15) is 0 Å². The molecule has 21 heavy (non-hydrogen) atoms. The molecule has 0 aliphatic rings. The van der Waals surface area contributed by atoms with Crippen molar-refractivity contribution >= 4 is 5.82 Å². The second kappa shape index (κ2) is 5.47. The summed E-state index contributed by atoms with van der Waals surface area (Å²) in [6.07, 6.45) is 3.01. The first-order chi connectivity index (χ1) is 10.2. The van der Waals surface area contributed by atoms with Crippen molar-refractivity contribution in [2.45, 2.75) is 6.92 Å². The molecule has 2 heterocycles. The van der Waals surface area contributed by atoms with E-state index in [0.29, 0.717) is 17.3 Å². The molecular formula is C16H12N4O. The molecule has 102 valence electrons. The monoisotopic (exact) mass is 276 g/mol. The van der Waals surface area contributed by atoms with Gasteiger partial charge in [0.1, 0.15) is 23.0 Å². The van der Waals surface area contributed by atoms with Crippen molar-refractivity contribution in [2.24, 2.45) is 0 Å². The topological polar surface area (TPSA) is 77.8 Å². The number of benzene rings is 1. The van der Waals surface area contributed by atoms with Gasteiger partial charge < -0.3 is 10.3 Å². The molecule has 2 N–H and O–H groups in total. The standard InChI is InChI=1S/C16H12N4O/c1-11-14(8-7-13-9-19-15(17)10-18-13)16(20-21-11)12-5-3-2-4-6-12/h2-6,9-10H,1H3,(H2,17,19). The summed E-state index contributed by atoms with van der Waals surface area (Å²) in [5, 5.41) is 4.08. The smallest absolute Gasteiger partial charge is 0.149 e. The molecule has 0 radical (unpaired) electrons. The van der Waals surface area contributed by atoms with Crippen LogP contribution in [-0.2, 0) is 0 Å². The number of hydrogen-bond acceptors (Lipinski definition) is 5. The van der Waals surface area contributed by atoms with Crippen LogP contribution in [0.25, 0.3) is 11.3 Å². The summed E-state index contributed by atoms with van der Waals surface area (Å²) < 4.78 is 5.25. The number of nitrogens with zero attached hydrogens (tertiary/aromatic N) is 3. The minimum Gasteiger partial charge on any atom is -0.382 e. The number of nitrogens with two attached hydrogens (primary N) is 1. The van der Waals surface area contributed by atoms with E-state index < -0.39 is 0 Å². The van der Waals surface area contributed by atoms with Crippen LogP contribution in [0.1, 0.15) is 17.0 Å². The first-order valence-corrected chi connectivity index (χ1v) is 6.35. The van der Waals surface area contributed by atoms with Gasteiger partial charge in [-0.05, 0) is 12.8 Å². The summed E-state index contributed by atoms with van der Waals surface area (Å²) in [6.45, 7) is 1.83. The molecule has 0 bridgehead atoms. The summed E-state index contributed by atoms with van der Waals surface area (Å²) in [6, 6.07) is 9.77. The van der Waals surface area contributed by atoms with Gasteiger partial charge in [0, 0.05) is 5.56 Å². The van der Waals surface area contributed by atoms with Crippen LogP contribution in [0.2, 0.25) is 0 Å². The van der Waals surface area contributed by atoms with Crippen molar-refractivity contribution in [1.29, 1.82) is 0 Å². The first-order valence-electron chi connectivity index (χ1n) is 6.35. The normalized spacial score (nSPS) is 9.95. The molecule has 0 unspecified atom stereocenters. The predicted octanol–water partition coefficient (Wildman–Crippen LogP) is 2.42. The maximum absolute atomic E-state index is 5.49. The minimum atomic E-state index is 0.367. The quantitative estimate of drug-likeness (QED) is 0.691. The SMILES string of the molecule is Cc1onc(-c2ccccc2)c1C#Cc1cnc(N)cn1. The Morgan fingerprint density at radius 3 is 2.57 bits per heavy atom. The lowest BCUT2D eigenvalue weighted by atomic mass is 10.1. The zero-order valence-corrected chi connectivity index (χ0v) is 11.4. The molecule has 1 aromatic carbocycles. The molecule has 3 aromatic rings. The molecule has 0 saturated carbocycles. The van der Waals surface area contributed by atoms with Gasteiger partial charge in [0.15, 0.2) is 0 Å². The van der Waals surface area contributed by atoms with Gasteiger partial charge in [-0.25, -0.2) is 9.97 Å². The summed E-state index contributed by atoms with van der Waals surface area (Å²) in [5.41, 5.74) is 8.48. The Labute approximate surface area is 121 Å². The molecule has 5 nitrogen and oxygen atoms in total. The van der Waals surface area contributed by atoms with Gasteiger partial charge in [-0.1, -0.05) is 41.4 Å². The van der Waals surface area contributed by atoms with Crippen LogP contribution in [0, 0.1) is 18.8 Å². The van der Waals surface area contributed by atoms with Crippen LogP contribution < -0.4 is 5.73 Å². The highest BCUT2D eigenvalue weighted by Crippen LogP contribution is 2.24. The third kappa shape index (κ3) is 2.74. The Kier molecular flexibility index (Phi) is 3.36. The molecule has 0 atom stereocenters. The lowest BCUT2D eigenvalue weighted by Gasteiger charge is -1.95. The molecule has 0 amide bonds. The van der Waals surface area contributed by atoms with Gasteiger partial charge in [-0.3, -0.25) is 0 Å². The summed E-state index contributed by atoms with van der Waals surface area (Å²) in [7, 11) is 0. The summed E-state index contributed by atoms with van der Waals surface area (Å²) >= 11 is 0. The van der Waals surface area contributed by atoms with E-state index in [2.05, 4.69) is 27.0 Å². The van der Waals surface area contributed by atoms with Crippen LogP contribution >= 0.6 is 0 Å². The van der Waals surface area contributed by atoms with Crippen LogP contribution in [-0.4, -0.2) is 15.1 Å². The lowest BCUT2D eigenvalue weighted by Crippen LogP contribution is -1.92. The van der Waals surface area contributed by atoms with Crippen LogP contribution in [0.3, 0.4) is 0 Å². The Balaban J connectivity index is 2.01. The number of aromatic nitrogens is 3. The van der Waals surface area contributed by atoms with Crippen LogP contribution in [0.5, 0.6) is 0 Å². The Morgan fingerprint density at radius 2 is 1.86 bits per heavy atom. The minimum absolute atomic E-state index is 0.367. The van der Waals surface area contributed by atoms with E-state index in [0.717, 1.165) is 16.8 Å². The Hall–Kier alpha value is -3.13. The highest BCUT2D eigenvalue weighted by atomic mass is 16.5. The molecule has 5 heteroatoms.